The standard InChI is InChI=1S/Ni.3Pt. The Morgan fingerprint density at radius 2 is 0.500 bits per heavy atom. The van der Waals surface area contributed by atoms with E-state index in [9.17, 15) is 0 Å². The van der Waals surface area contributed by atoms with Crippen LogP contribution in [-0.4, -0.2) is 0 Å². The molecule has 0 heterocycles. The summed E-state index contributed by atoms with van der Waals surface area (Å²) >= 11 is 0. The summed E-state index contributed by atoms with van der Waals surface area (Å²) < 4.78 is 0. The van der Waals surface area contributed by atoms with Crippen molar-refractivity contribution in [2.45, 2.75) is 0 Å². The largest absolute Gasteiger partial charge is 0 e. The third-order valence-electron chi connectivity index (χ3n) is 0. The molecule has 0 aromatic carbocycles. The second-order valence-electron chi connectivity index (χ2n) is 0. The summed E-state index contributed by atoms with van der Waals surface area (Å²) in [4.78, 5) is 0. The fourth-order valence-corrected chi connectivity index (χ4v) is 0. The fourth-order valence-electron chi connectivity index (χ4n) is 0. The molecule has 0 fully saturated rings. The maximum absolute atomic E-state index is 0. The first-order valence-corrected chi connectivity index (χ1v) is 0. The molecule has 4 heavy (non-hydrogen) atoms. The first-order chi connectivity index (χ1) is 0. The summed E-state index contributed by atoms with van der Waals surface area (Å²) in [6.45, 7) is 0. The molecule has 0 spiro atoms. The molecule has 4 heteroatoms. The zero-order chi connectivity index (χ0) is 0. The molecule has 0 nitrogen and oxygen atoms in total. The molecular formula is NiPt3. The van der Waals surface area contributed by atoms with Crippen molar-refractivity contribution < 1.29 is 79.7 Å². The summed E-state index contributed by atoms with van der Waals surface area (Å²) in [6.07, 6.45) is 0. The number of rotatable bonds is 0. The summed E-state index contributed by atoms with van der Waals surface area (Å²) in [6, 6.07) is 0. The summed E-state index contributed by atoms with van der Waals surface area (Å²) in [5.74, 6) is 0. The van der Waals surface area contributed by atoms with E-state index in [1.54, 1.807) is 0 Å². The van der Waals surface area contributed by atoms with Gasteiger partial charge in [-0.1, -0.05) is 0 Å². The molecule has 0 atom stereocenters. The minimum Gasteiger partial charge on any atom is 0 e. The molecule has 0 aromatic rings. The van der Waals surface area contributed by atoms with Gasteiger partial charge in [0.15, 0.2) is 0 Å². The van der Waals surface area contributed by atoms with Crippen molar-refractivity contribution in [1.29, 1.82) is 0 Å². The van der Waals surface area contributed by atoms with E-state index in [1.165, 1.54) is 0 Å². The smallest absolute Gasteiger partial charge is 0 e. The minimum absolute atomic E-state index is 0. The molecule has 0 rings (SSSR count). The second-order valence-corrected chi connectivity index (χ2v) is 0. The monoisotopic (exact) mass is 643 g/mol. The maximum Gasteiger partial charge on any atom is 0 e. The van der Waals surface area contributed by atoms with E-state index in [-0.39, 0.29) is 79.7 Å². The van der Waals surface area contributed by atoms with Gasteiger partial charge in [0.1, 0.15) is 0 Å². The van der Waals surface area contributed by atoms with Crippen molar-refractivity contribution >= 4 is 0 Å². The average molecular weight is 644 g/mol. The molecule has 40 valence electrons. The molecule has 0 amide bonds. The van der Waals surface area contributed by atoms with Gasteiger partial charge in [0.25, 0.3) is 0 Å². The van der Waals surface area contributed by atoms with Gasteiger partial charge in [0, 0.05) is 79.7 Å². The number of hydrogen-bond acceptors (Lipinski definition) is 0. The molecule has 0 aliphatic rings. The van der Waals surface area contributed by atoms with Crippen LogP contribution < -0.4 is 0 Å². The normalized spacial score (nSPS) is 0. The van der Waals surface area contributed by atoms with Crippen LogP contribution in [0.25, 0.3) is 0 Å². The second kappa shape index (κ2) is 17.6. The Balaban J connectivity index is 0. The van der Waals surface area contributed by atoms with Crippen LogP contribution in [0.3, 0.4) is 0 Å². The van der Waals surface area contributed by atoms with Crippen molar-refractivity contribution in [2.24, 2.45) is 0 Å². The van der Waals surface area contributed by atoms with Crippen LogP contribution in [0.1, 0.15) is 0 Å². The Morgan fingerprint density at radius 1 is 0.500 bits per heavy atom. The van der Waals surface area contributed by atoms with Crippen LogP contribution in [0.2, 0.25) is 0 Å². The zero-order valence-electron chi connectivity index (χ0n) is 1.26. The van der Waals surface area contributed by atoms with Crippen LogP contribution in [0, 0.1) is 0 Å². The van der Waals surface area contributed by atoms with E-state index in [0.717, 1.165) is 0 Å². The summed E-state index contributed by atoms with van der Waals surface area (Å²) in [5.41, 5.74) is 0. The molecule has 0 N–H and O–H groups in total. The van der Waals surface area contributed by atoms with Crippen molar-refractivity contribution in [3.8, 4) is 0 Å². The van der Waals surface area contributed by atoms with Crippen LogP contribution in [0.5, 0.6) is 0 Å². The Bertz CT molecular complexity index is 3.25. The molecule has 0 saturated heterocycles. The number of hydrogen-bond donors (Lipinski definition) is 0. The predicted molar refractivity (Wildman–Crippen MR) is 0 cm³/mol. The molecule has 0 radical (unpaired) electrons. The van der Waals surface area contributed by atoms with Gasteiger partial charge < -0.3 is 0 Å². The summed E-state index contributed by atoms with van der Waals surface area (Å²) in [5, 5.41) is 0. The molecule has 0 bridgehead atoms. The van der Waals surface area contributed by atoms with Crippen molar-refractivity contribution in [3.63, 3.8) is 0 Å². The maximum atomic E-state index is 0. The van der Waals surface area contributed by atoms with Gasteiger partial charge in [0.2, 0.25) is 0 Å². The Kier molecular flexibility index (Phi) is 137. The molecule has 0 unspecified atom stereocenters. The van der Waals surface area contributed by atoms with Crippen LogP contribution in [-0.2, 0) is 79.7 Å². The molecule has 0 aromatic heterocycles. The Morgan fingerprint density at radius 3 is 0.500 bits per heavy atom. The van der Waals surface area contributed by atoms with Gasteiger partial charge in [-0.3, -0.25) is 0 Å². The van der Waals surface area contributed by atoms with Crippen LogP contribution in [0.4, 0.5) is 0 Å². The van der Waals surface area contributed by atoms with Gasteiger partial charge in [0.05, 0.1) is 0 Å². The van der Waals surface area contributed by atoms with Crippen molar-refractivity contribution in [2.75, 3.05) is 0 Å². The van der Waals surface area contributed by atoms with E-state index < -0.39 is 0 Å². The van der Waals surface area contributed by atoms with E-state index >= 15 is 0 Å². The first kappa shape index (κ1) is 31.0. The van der Waals surface area contributed by atoms with Gasteiger partial charge in [-0.25, -0.2) is 0 Å². The molecule has 0 aliphatic carbocycles. The topological polar surface area (TPSA) is 0 Å². The third kappa shape index (κ3) is 8.82. The average Bonchev–Trinajstić information content (AvgIpc) is 0. The fraction of sp³-hybridized carbons (Fsp3) is 0. The predicted octanol–water partition coefficient (Wildman–Crippen LogP) is -0.0100. The van der Waals surface area contributed by atoms with E-state index in [1.807, 2.05) is 0 Å². The Labute approximate surface area is 78.6 Å². The van der Waals surface area contributed by atoms with Crippen LogP contribution >= 0.6 is 0 Å². The molecular weight excluding hydrogens is 644 g/mol. The minimum atomic E-state index is 0. The zero-order valence-corrected chi connectivity index (χ0v) is 9.07. The summed E-state index contributed by atoms with van der Waals surface area (Å²) in [7, 11) is 0. The van der Waals surface area contributed by atoms with Crippen LogP contribution in [0.15, 0.2) is 0 Å². The van der Waals surface area contributed by atoms with E-state index in [4.69, 9.17) is 0 Å². The van der Waals surface area contributed by atoms with Gasteiger partial charge in [-0.15, -0.1) is 0 Å². The van der Waals surface area contributed by atoms with E-state index in [0.29, 0.717) is 0 Å². The first-order valence-electron chi connectivity index (χ1n) is 0. The van der Waals surface area contributed by atoms with Gasteiger partial charge >= 0.3 is 0 Å². The Hall–Kier alpha value is 2.56. The van der Waals surface area contributed by atoms with Gasteiger partial charge in [-0.2, -0.15) is 0 Å². The SMILES string of the molecule is [Ni].[Pt].[Pt].[Pt]. The molecule has 0 aliphatic heterocycles. The quantitative estimate of drug-likeness (QED) is 0.326. The molecule has 0 saturated carbocycles. The van der Waals surface area contributed by atoms with E-state index in [2.05, 4.69) is 0 Å². The van der Waals surface area contributed by atoms with Crippen molar-refractivity contribution in [3.05, 3.63) is 0 Å². The van der Waals surface area contributed by atoms with Crippen molar-refractivity contribution in [1.82, 2.24) is 0 Å². The third-order valence-corrected chi connectivity index (χ3v) is 0. The van der Waals surface area contributed by atoms with Gasteiger partial charge in [-0.05, 0) is 0 Å².